The van der Waals surface area contributed by atoms with Gasteiger partial charge in [-0.05, 0) is 44.3 Å². The first-order valence-corrected chi connectivity index (χ1v) is 7.34. The number of nitrogens with one attached hydrogen (secondary N) is 1. The van der Waals surface area contributed by atoms with Crippen molar-refractivity contribution in [2.45, 2.75) is 13.3 Å². The Hall–Kier alpha value is -1.28. The smallest absolute Gasteiger partial charge is 0.235 e. The maximum absolute atomic E-state index is 12.1. The first kappa shape index (κ1) is 16.8. The van der Waals surface area contributed by atoms with Gasteiger partial charge in [-0.3, -0.25) is 4.79 Å². The Balaban J connectivity index is 3.01. The third-order valence-corrected chi connectivity index (χ3v) is 3.97. The summed E-state index contributed by atoms with van der Waals surface area (Å²) in [5, 5.41) is 14.3. The Labute approximate surface area is 133 Å². The topological polar surface area (TPSA) is 96.9 Å². The summed E-state index contributed by atoms with van der Waals surface area (Å²) < 4.78 is 6.62. The molecule has 0 bridgehead atoms. The summed E-state index contributed by atoms with van der Waals surface area (Å²) in [4.78, 5) is 12.1. The van der Waals surface area contributed by atoms with E-state index in [1.807, 2.05) is 0 Å². The van der Waals surface area contributed by atoms with Crippen molar-refractivity contribution in [3.05, 3.63) is 21.1 Å². The lowest BCUT2D eigenvalue weighted by atomic mass is 10.0. The van der Waals surface area contributed by atoms with Crippen LogP contribution in [0.5, 0.6) is 5.75 Å². The highest BCUT2D eigenvalue weighted by Gasteiger charge is 2.22. The number of rotatable bonds is 5. The van der Waals surface area contributed by atoms with Crippen molar-refractivity contribution in [2.75, 3.05) is 12.4 Å². The summed E-state index contributed by atoms with van der Waals surface area (Å²) in [6.45, 7) is 1.78. The molecule has 1 unspecified atom stereocenters. The fourth-order valence-corrected chi connectivity index (χ4v) is 2.85. The molecule has 0 saturated carbocycles. The number of halogens is 2. The Morgan fingerprint density at radius 1 is 1.50 bits per heavy atom. The third-order valence-electron chi connectivity index (χ3n) is 2.70. The molecule has 0 spiro atoms. The van der Waals surface area contributed by atoms with Gasteiger partial charge in [0, 0.05) is 10.5 Å². The molecule has 0 aromatic heterocycles. The number of benzene rings is 1. The molecule has 0 aliphatic heterocycles. The van der Waals surface area contributed by atoms with Crippen LogP contribution in [0.1, 0.15) is 13.3 Å². The van der Waals surface area contributed by atoms with Gasteiger partial charge in [-0.2, -0.15) is 0 Å². The Bertz CT molecular complexity index is 535. The number of ether oxygens (including phenoxy) is 1. The lowest BCUT2D eigenvalue weighted by Crippen LogP contribution is -2.34. The number of oxime groups is 1. The van der Waals surface area contributed by atoms with Crippen molar-refractivity contribution in [1.82, 2.24) is 0 Å². The number of nitrogens with two attached hydrogens (primary N) is 1. The van der Waals surface area contributed by atoms with E-state index >= 15 is 0 Å². The highest BCUT2D eigenvalue weighted by Crippen LogP contribution is 2.34. The molecule has 0 aliphatic carbocycles. The summed E-state index contributed by atoms with van der Waals surface area (Å²) in [7, 11) is 1.53. The van der Waals surface area contributed by atoms with E-state index in [1.165, 1.54) is 7.11 Å². The molecule has 1 aromatic rings. The summed E-state index contributed by atoms with van der Waals surface area (Å²) in [6.07, 6.45) is 0.424. The summed E-state index contributed by atoms with van der Waals surface area (Å²) in [5.74, 6) is -0.583. The number of carbonyl (C=O) groups is 1. The van der Waals surface area contributed by atoms with Crippen LogP contribution in [0, 0.1) is 5.92 Å². The molecule has 1 amide bonds. The second kappa shape index (κ2) is 7.49. The van der Waals surface area contributed by atoms with E-state index in [2.05, 4.69) is 42.3 Å². The summed E-state index contributed by atoms with van der Waals surface area (Å²) >= 11 is 6.70. The second-order valence-electron chi connectivity index (χ2n) is 3.94. The molecule has 6 nitrogen and oxygen atoms in total. The number of carbonyl (C=O) groups excluding carboxylic acids is 1. The number of amides is 1. The molecule has 0 radical (unpaired) electrons. The average Bonchev–Trinajstić information content (AvgIpc) is 2.42. The first-order valence-electron chi connectivity index (χ1n) is 5.75. The number of hydrogen-bond acceptors (Lipinski definition) is 4. The lowest BCUT2D eigenvalue weighted by Gasteiger charge is -2.15. The van der Waals surface area contributed by atoms with Crippen LogP contribution < -0.4 is 15.8 Å². The fraction of sp³-hybridized carbons (Fsp3) is 0.333. The molecule has 110 valence electrons. The molecule has 8 heteroatoms. The average molecular weight is 409 g/mol. The van der Waals surface area contributed by atoms with Crippen LogP contribution >= 0.6 is 31.9 Å². The van der Waals surface area contributed by atoms with Gasteiger partial charge in [0.25, 0.3) is 0 Å². The van der Waals surface area contributed by atoms with E-state index in [1.54, 1.807) is 19.1 Å². The highest BCUT2D eigenvalue weighted by atomic mass is 79.9. The molecular weight excluding hydrogens is 394 g/mol. The highest BCUT2D eigenvalue weighted by molar-refractivity contribution is 9.11. The van der Waals surface area contributed by atoms with Gasteiger partial charge >= 0.3 is 0 Å². The second-order valence-corrected chi connectivity index (χ2v) is 5.65. The van der Waals surface area contributed by atoms with Crippen molar-refractivity contribution < 1.29 is 14.7 Å². The van der Waals surface area contributed by atoms with Crippen LogP contribution in [0.4, 0.5) is 5.69 Å². The van der Waals surface area contributed by atoms with E-state index in [0.717, 1.165) is 4.47 Å². The number of amidine groups is 1. The van der Waals surface area contributed by atoms with Gasteiger partial charge in [0.15, 0.2) is 5.84 Å². The summed E-state index contributed by atoms with van der Waals surface area (Å²) in [5.41, 5.74) is 6.04. The maximum atomic E-state index is 12.1. The third kappa shape index (κ3) is 3.86. The van der Waals surface area contributed by atoms with E-state index in [-0.39, 0.29) is 11.7 Å². The Kier molecular flexibility index (Phi) is 6.28. The molecule has 1 atom stereocenters. The van der Waals surface area contributed by atoms with Crippen LogP contribution in [0.3, 0.4) is 0 Å². The van der Waals surface area contributed by atoms with Gasteiger partial charge in [-0.25, -0.2) is 0 Å². The van der Waals surface area contributed by atoms with Gasteiger partial charge in [0.2, 0.25) is 5.91 Å². The number of hydrogen-bond donors (Lipinski definition) is 3. The monoisotopic (exact) mass is 407 g/mol. The van der Waals surface area contributed by atoms with E-state index in [4.69, 9.17) is 15.7 Å². The first-order chi connectivity index (χ1) is 9.44. The standard InChI is InChI=1S/C12H15Br2N3O3/c1-3-6(11(15)17-19)12(18)16-9-5-10(20-2)8(14)4-7(9)13/h4-6,19H,3H2,1-2H3,(H2,15,17)(H,16,18). The lowest BCUT2D eigenvalue weighted by molar-refractivity contribution is -0.118. The molecule has 4 N–H and O–H groups in total. The van der Waals surface area contributed by atoms with Crippen LogP contribution in [0.15, 0.2) is 26.2 Å². The molecular formula is C12H15Br2N3O3. The number of nitrogens with zero attached hydrogens (tertiary/aromatic N) is 1. The van der Waals surface area contributed by atoms with E-state index < -0.39 is 5.92 Å². The van der Waals surface area contributed by atoms with Crippen molar-refractivity contribution in [3.8, 4) is 5.75 Å². The predicted molar refractivity (Wildman–Crippen MR) is 84.2 cm³/mol. The molecule has 1 aromatic carbocycles. The summed E-state index contributed by atoms with van der Waals surface area (Å²) in [6, 6.07) is 3.43. The van der Waals surface area contributed by atoms with Gasteiger partial charge in [-0.15, -0.1) is 0 Å². The van der Waals surface area contributed by atoms with Gasteiger partial charge in [0.05, 0.1) is 23.2 Å². The zero-order valence-electron chi connectivity index (χ0n) is 11.0. The quantitative estimate of drug-likeness (QED) is 0.302. The maximum Gasteiger partial charge on any atom is 0.235 e. The zero-order valence-corrected chi connectivity index (χ0v) is 14.2. The predicted octanol–water partition coefficient (Wildman–Crippen LogP) is 2.93. The van der Waals surface area contributed by atoms with Gasteiger partial charge < -0.3 is 21.0 Å². The molecule has 1 rings (SSSR count). The van der Waals surface area contributed by atoms with Crippen LogP contribution in [-0.2, 0) is 4.79 Å². The van der Waals surface area contributed by atoms with Crippen LogP contribution in [0.2, 0.25) is 0 Å². The van der Waals surface area contributed by atoms with E-state index in [0.29, 0.717) is 22.3 Å². The van der Waals surface area contributed by atoms with Crippen LogP contribution in [0.25, 0.3) is 0 Å². The fourth-order valence-electron chi connectivity index (χ4n) is 1.60. The van der Waals surface area contributed by atoms with Crippen LogP contribution in [-0.4, -0.2) is 24.1 Å². The molecule has 0 heterocycles. The van der Waals surface area contributed by atoms with Crippen molar-refractivity contribution in [3.63, 3.8) is 0 Å². The Morgan fingerprint density at radius 3 is 2.65 bits per heavy atom. The molecule has 0 saturated heterocycles. The van der Waals surface area contributed by atoms with E-state index in [9.17, 15) is 4.79 Å². The Morgan fingerprint density at radius 2 is 2.15 bits per heavy atom. The van der Waals surface area contributed by atoms with Gasteiger partial charge in [0.1, 0.15) is 5.75 Å². The zero-order chi connectivity index (χ0) is 15.3. The van der Waals surface area contributed by atoms with Gasteiger partial charge in [-0.1, -0.05) is 12.1 Å². The minimum atomic E-state index is -0.693. The minimum absolute atomic E-state index is 0.120. The largest absolute Gasteiger partial charge is 0.495 e. The normalized spacial score (nSPS) is 12.9. The molecule has 0 aliphatic rings. The van der Waals surface area contributed by atoms with Crippen molar-refractivity contribution in [2.24, 2.45) is 16.8 Å². The van der Waals surface area contributed by atoms with Crippen molar-refractivity contribution in [1.29, 1.82) is 0 Å². The number of anilines is 1. The number of methoxy groups -OCH3 is 1. The molecule has 20 heavy (non-hydrogen) atoms. The molecule has 0 fully saturated rings. The van der Waals surface area contributed by atoms with Crippen molar-refractivity contribution >= 4 is 49.3 Å². The SMILES string of the molecule is CCC(C(=O)Nc1cc(OC)c(Br)cc1Br)/C(N)=N/O. The minimum Gasteiger partial charge on any atom is -0.495 e.